The number of fused-ring (bicyclic) bond motifs is 1. The summed E-state index contributed by atoms with van der Waals surface area (Å²) >= 11 is 6.51. The van der Waals surface area contributed by atoms with Crippen LogP contribution in [0.4, 0.5) is 10.5 Å². The van der Waals surface area contributed by atoms with Gasteiger partial charge in [-0.15, -0.1) is 0 Å². The summed E-state index contributed by atoms with van der Waals surface area (Å²) in [6.07, 6.45) is 0.776. The maximum absolute atomic E-state index is 13.2. The number of carbonyl (C=O) groups is 2. The van der Waals surface area contributed by atoms with Crippen molar-refractivity contribution in [3.05, 3.63) is 100 Å². The number of rotatable bonds is 3. The van der Waals surface area contributed by atoms with Gasteiger partial charge in [0.05, 0.1) is 6.04 Å². The van der Waals surface area contributed by atoms with Gasteiger partial charge >= 0.3 is 6.03 Å². The second kappa shape index (κ2) is 8.10. The number of nitrogens with zero attached hydrogens (tertiary/aromatic N) is 1. The molecule has 3 aromatic carbocycles. The molecule has 0 saturated heterocycles. The van der Waals surface area contributed by atoms with Gasteiger partial charge in [-0.25, -0.2) is 4.79 Å². The second-order valence-electron chi connectivity index (χ2n) is 7.13. The van der Waals surface area contributed by atoms with Crippen molar-refractivity contribution in [2.24, 2.45) is 0 Å². The molecule has 1 N–H and O–H groups in total. The topological polar surface area (TPSA) is 49.4 Å². The zero-order valence-electron chi connectivity index (χ0n) is 16.1. The first kappa shape index (κ1) is 19.2. The molecule has 0 aromatic heterocycles. The summed E-state index contributed by atoms with van der Waals surface area (Å²) in [5.74, 6) is -0.0399. The van der Waals surface area contributed by atoms with E-state index in [2.05, 4.69) is 17.4 Å². The summed E-state index contributed by atoms with van der Waals surface area (Å²) < 4.78 is 0. The normalized spacial score (nSPS) is 15.5. The molecule has 4 nitrogen and oxygen atoms in total. The molecule has 0 bridgehead atoms. The highest BCUT2D eigenvalue weighted by Gasteiger charge is 2.33. The van der Waals surface area contributed by atoms with E-state index >= 15 is 0 Å². The maximum Gasteiger partial charge on any atom is 0.322 e. The fourth-order valence-corrected chi connectivity index (χ4v) is 4.07. The van der Waals surface area contributed by atoms with Gasteiger partial charge in [0.2, 0.25) is 0 Å². The van der Waals surface area contributed by atoms with Crippen LogP contribution in [0.2, 0.25) is 5.02 Å². The molecule has 5 heteroatoms. The largest absolute Gasteiger partial charge is 0.322 e. The third-order valence-electron chi connectivity index (χ3n) is 5.26. The van der Waals surface area contributed by atoms with Crippen LogP contribution in [0.1, 0.15) is 40.0 Å². The van der Waals surface area contributed by atoms with Gasteiger partial charge in [0.1, 0.15) is 0 Å². The summed E-state index contributed by atoms with van der Waals surface area (Å²) in [5.41, 5.74) is 4.36. The summed E-state index contributed by atoms with van der Waals surface area (Å²) in [7, 11) is 0. The average molecular weight is 405 g/mol. The molecule has 2 amide bonds. The Hall–Kier alpha value is -3.11. The fraction of sp³-hybridized carbons (Fsp3) is 0.167. The van der Waals surface area contributed by atoms with Gasteiger partial charge in [-0.05, 0) is 48.2 Å². The summed E-state index contributed by atoms with van der Waals surface area (Å²) in [6.45, 7) is 2.08. The summed E-state index contributed by atoms with van der Waals surface area (Å²) in [5, 5.41) is 3.58. The average Bonchev–Trinajstić information content (AvgIpc) is 2.73. The molecule has 29 heavy (non-hydrogen) atoms. The molecule has 0 unspecified atom stereocenters. The molecule has 0 radical (unpaired) electrons. The molecule has 1 aliphatic heterocycles. The Kier molecular flexibility index (Phi) is 5.36. The number of urea groups is 1. The first-order valence-corrected chi connectivity index (χ1v) is 9.93. The van der Waals surface area contributed by atoms with Crippen LogP contribution < -0.4 is 5.32 Å². The molecule has 146 valence electrons. The number of benzene rings is 3. The zero-order valence-corrected chi connectivity index (χ0v) is 16.8. The Balaban J connectivity index is 1.70. The highest BCUT2D eigenvalue weighted by atomic mass is 35.5. The monoisotopic (exact) mass is 404 g/mol. The van der Waals surface area contributed by atoms with Crippen LogP contribution in [0.25, 0.3) is 0 Å². The van der Waals surface area contributed by atoms with Crippen LogP contribution in [-0.2, 0) is 6.42 Å². The number of Topliss-reactive ketones (excluding diaryl/α,β-unsaturated/α-hetero) is 1. The Morgan fingerprint density at radius 2 is 1.69 bits per heavy atom. The second-order valence-corrected chi connectivity index (χ2v) is 7.54. The van der Waals surface area contributed by atoms with Gasteiger partial charge < -0.3 is 10.2 Å². The lowest BCUT2D eigenvalue weighted by molar-refractivity contribution is 0.101. The van der Waals surface area contributed by atoms with Gasteiger partial charge in [-0.3, -0.25) is 4.79 Å². The zero-order chi connectivity index (χ0) is 20.4. The standard InChI is InChI=1S/C24H21ClN2O2/c1-16(28)18-8-6-9-19(15-18)26-24(29)27-14-13-17-7-2-3-10-20(17)23(27)21-11-4-5-12-22(21)25/h2-12,15,23H,13-14H2,1H3,(H,26,29)/t23-/m1/s1. The summed E-state index contributed by atoms with van der Waals surface area (Å²) in [6, 6.07) is 22.3. The fourth-order valence-electron chi connectivity index (χ4n) is 3.83. The van der Waals surface area contributed by atoms with Crippen LogP contribution in [0, 0.1) is 0 Å². The number of ketones is 1. The molecule has 3 aromatic rings. The number of anilines is 1. The minimum Gasteiger partial charge on any atom is -0.313 e. The molecule has 0 aliphatic carbocycles. The van der Waals surface area contributed by atoms with E-state index in [-0.39, 0.29) is 17.9 Å². The molecular weight excluding hydrogens is 384 g/mol. The minimum absolute atomic E-state index is 0.0399. The van der Waals surface area contributed by atoms with E-state index < -0.39 is 0 Å². The van der Waals surface area contributed by atoms with Crippen LogP contribution in [0.5, 0.6) is 0 Å². The Bertz CT molecular complexity index is 1080. The Morgan fingerprint density at radius 3 is 2.45 bits per heavy atom. The van der Waals surface area contributed by atoms with Gasteiger partial charge in [0.25, 0.3) is 0 Å². The lowest BCUT2D eigenvalue weighted by Crippen LogP contribution is -2.43. The van der Waals surface area contributed by atoms with Gasteiger partial charge in [-0.1, -0.05) is 66.2 Å². The highest BCUT2D eigenvalue weighted by Crippen LogP contribution is 2.38. The molecule has 1 atom stereocenters. The van der Waals surface area contributed by atoms with Crippen molar-refractivity contribution in [3.63, 3.8) is 0 Å². The minimum atomic E-state index is -0.273. The van der Waals surface area contributed by atoms with E-state index in [1.54, 1.807) is 24.3 Å². The van der Waals surface area contributed by atoms with Gasteiger partial charge in [-0.2, -0.15) is 0 Å². The molecule has 0 spiro atoms. The van der Waals surface area contributed by atoms with Crippen LogP contribution in [-0.4, -0.2) is 23.3 Å². The number of amides is 2. The Morgan fingerprint density at radius 1 is 0.966 bits per heavy atom. The van der Waals surface area contributed by atoms with Gasteiger partial charge in [0.15, 0.2) is 5.78 Å². The van der Waals surface area contributed by atoms with Crippen molar-refractivity contribution in [2.45, 2.75) is 19.4 Å². The summed E-state index contributed by atoms with van der Waals surface area (Å²) in [4.78, 5) is 26.7. The third kappa shape index (κ3) is 3.89. The number of hydrogen-bond donors (Lipinski definition) is 1. The molecule has 0 fully saturated rings. The van der Waals surface area contributed by atoms with Crippen LogP contribution >= 0.6 is 11.6 Å². The smallest absolute Gasteiger partial charge is 0.313 e. The lowest BCUT2D eigenvalue weighted by Gasteiger charge is -2.38. The first-order chi connectivity index (χ1) is 14.0. The quantitative estimate of drug-likeness (QED) is 0.567. The van der Waals surface area contributed by atoms with Gasteiger partial charge in [0, 0.05) is 22.8 Å². The van der Waals surface area contributed by atoms with E-state index in [0.29, 0.717) is 22.8 Å². The van der Waals surface area contributed by atoms with E-state index in [1.807, 2.05) is 41.3 Å². The number of nitrogens with one attached hydrogen (secondary N) is 1. The molecular formula is C24H21ClN2O2. The van der Waals surface area contributed by atoms with Crippen molar-refractivity contribution < 1.29 is 9.59 Å². The van der Waals surface area contributed by atoms with Crippen molar-refractivity contribution in [1.29, 1.82) is 0 Å². The molecule has 4 rings (SSSR count). The van der Waals surface area contributed by atoms with E-state index in [4.69, 9.17) is 11.6 Å². The SMILES string of the molecule is CC(=O)c1cccc(NC(=O)N2CCc3ccccc3[C@@H]2c2ccccc2Cl)c1. The molecule has 1 heterocycles. The lowest BCUT2D eigenvalue weighted by atomic mass is 9.88. The van der Waals surface area contributed by atoms with Crippen LogP contribution in [0.15, 0.2) is 72.8 Å². The number of halogens is 1. The van der Waals surface area contributed by atoms with E-state index in [0.717, 1.165) is 17.5 Å². The van der Waals surface area contributed by atoms with Crippen molar-refractivity contribution in [1.82, 2.24) is 4.90 Å². The number of carbonyl (C=O) groups excluding carboxylic acids is 2. The predicted octanol–water partition coefficient (Wildman–Crippen LogP) is 5.72. The third-order valence-corrected chi connectivity index (χ3v) is 5.61. The van der Waals surface area contributed by atoms with E-state index in [9.17, 15) is 9.59 Å². The molecule has 0 saturated carbocycles. The van der Waals surface area contributed by atoms with Crippen molar-refractivity contribution in [3.8, 4) is 0 Å². The predicted molar refractivity (Wildman–Crippen MR) is 116 cm³/mol. The number of hydrogen-bond acceptors (Lipinski definition) is 2. The first-order valence-electron chi connectivity index (χ1n) is 9.55. The van der Waals surface area contributed by atoms with Crippen molar-refractivity contribution in [2.75, 3.05) is 11.9 Å². The Labute approximate surface area is 175 Å². The highest BCUT2D eigenvalue weighted by molar-refractivity contribution is 6.31. The van der Waals surface area contributed by atoms with E-state index in [1.165, 1.54) is 12.5 Å². The van der Waals surface area contributed by atoms with Crippen molar-refractivity contribution >= 4 is 29.1 Å². The molecule has 1 aliphatic rings. The maximum atomic E-state index is 13.2. The van der Waals surface area contributed by atoms with Crippen LogP contribution in [0.3, 0.4) is 0 Å².